The summed E-state index contributed by atoms with van der Waals surface area (Å²) in [5.41, 5.74) is 0.0990. The van der Waals surface area contributed by atoms with Crippen LogP contribution in [0, 0.1) is 5.41 Å². The van der Waals surface area contributed by atoms with Crippen LogP contribution < -0.4 is 0 Å². The predicted molar refractivity (Wildman–Crippen MR) is 53.6 cm³/mol. The first-order chi connectivity index (χ1) is 5.95. The monoisotopic (exact) mass is 184 g/mol. The minimum Gasteiger partial charge on any atom is -0.303 e. The quantitative estimate of drug-likeness (QED) is 0.470. The van der Waals surface area contributed by atoms with E-state index in [1.807, 2.05) is 0 Å². The zero-order valence-corrected chi connectivity index (χ0v) is 8.93. The molecule has 0 aliphatic heterocycles. The summed E-state index contributed by atoms with van der Waals surface area (Å²) in [6, 6.07) is 0. The van der Waals surface area contributed by atoms with Crippen molar-refractivity contribution in [3.8, 4) is 0 Å². The second kappa shape index (κ2) is 5.90. The van der Waals surface area contributed by atoms with Gasteiger partial charge < -0.3 is 4.79 Å². The highest BCUT2D eigenvalue weighted by atomic mass is 16.1. The second-order valence-electron chi connectivity index (χ2n) is 4.69. The molecule has 0 aromatic carbocycles. The van der Waals surface area contributed by atoms with Crippen LogP contribution >= 0.6 is 0 Å². The third-order valence-corrected chi connectivity index (χ3v) is 1.76. The molecule has 0 spiro atoms. The fourth-order valence-electron chi connectivity index (χ4n) is 1.23. The Kier molecular flexibility index (Phi) is 5.60. The van der Waals surface area contributed by atoms with Crippen LogP contribution in [0.15, 0.2) is 0 Å². The van der Waals surface area contributed by atoms with Crippen LogP contribution in [0.4, 0.5) is 0 Å². The molecule has 0 aromatic heterocycles. The van der Waals surface area contributed by atoms with Gasteiger partial charge in [-0.3, -0.25) is 4.79 Å². The van der Waals surface area contributed by atoms with Gasteiger partial charge in [0.2, 0.25) is 0 Å². The van der Waals surface area contributed by atoms with Crippen molar-refractivity contribution in [2.75, 3.05) is 0 Å². The Bertz CT molecular complexity index is 165. The molecule has 0 aliphatic rings. The molecule has 0 N–H and O–H groups in total. The highest BCUT2D eigenvalue weighted by Crippen LogP contribution is 2.20. The Hall–Kier alpha value is -0.660. The summed E-state index contributed by atoms with van der Waals surface area (Å²) in [5, 5.41) is 0. The van der Waals surface area contributed by atoms with Gasteiger partial charge in [0.05, 0.1) is 0 Å². The Morgan fingerprint density at radius 2 is 1.85 bits per heavy atom. The number of hydrogen-bond donors (Lipinski definition) is 0. The van der Waals surface area contributed by atoms with Crippen molar-refractivity contribution in [2.24, 2.45) is 5.41 Å². The highest BCUT2D eigenvalue weighted by molar-refractivity contribution is 5.78. The molecule has 0 bridgehead atoms. The maximum absolute atomic E-state index is 11.3. The van der Waals surface area contributed by atoms with Gasteiger partial charge in [0.1, 0.15) is 12.1 Å². The average molecular weight is 184 g/mol. The summed E-state index contributed by atoms with van der Waals surface area (Å²) < 4.78 is 0. The van der Waals surface area contributed by atoms with Gasteiger partial charge in [-0.15, -0.1) is 0 Å². The van der Waals surface area contributed by atoms with Crippen LogP contribution in [0.1, 0.15) is 52.9 Å². The van der Waals surface area contributed by atoms with Gasteiger partial charge in [-0.2, -0.15) is 0 Å². The molecule has 0 amide bonds. The molecule has 13 heavy (non-hydrogen) atoms. The lowest BCUT2D eigenvalue weighted by atomic mass is 9.88. The van der Waals surface area contributed by atoms with E-state index in [9.17, 15) is 9.59 Å². The van der Waals surface area contributed by atoms with Crippen LogP contribution in [-0.4, -0.2) is 12.1 Å². The zero-order valence-electron chi connectivity index (χ0n) is 8.93. The van der Waals surface area contributed by atoms with E-state index in [4.69, 9.17) is 0 Å². The van der Waals surface area contributed by atoms with Crippen LogP contribution in [0.2, 0.25) is 0 Å². The molecular weight excluding hydrogens is 164 g/mol. The van der Waals surface area contributed by atoms with Gasteiger partial charge in [-0.1, -0.05) is 20.8 Å². The molecular formula is C11H20O2. The smallest absolute Gasteiger partial charge is 0.133 e. The maximum atomic E-state index is 11.3. The first-order valence-electron chi connectivity index (χ1n) is 4.91. The van der Waals surface area contributed by atoms with E-state index in [-0.39, 0.29) is 5.41 Å². The van der Waals surface area contributed by atoms with Crippen molar-refractivity contribution in [2.45, 2.75) is 52.9 Å². The lowest BCUT2D eigenvalue weighted by Gasteiger charge is -2.16. The van der Waals surface area contributed by atoms with Crippen molar-refractivity contribution in [3.63, 3.8) is 0 Å². The topological polar surface area (TPSA) is 34.1 Å². The molecule has 76 valence electrons. The molecule has 0 aromatic rings. The number of hydrogen-bond acceptors (Lipinski definition) is 2. The maximum Gasteiger partial charge on any atom is 0.133 e. The molecule has 0 rings (SSSR count). The molecule has 2 heteroatoms. The standard InChI is InChI=1S/C11H20O2/c1-11(2,3)9-10(13)7-5-4-6-8-12/h8H,4-7,9H2,1-3H3. The first-order valence-corrected chi connectivity index (χ1v) is 4.91. The van der Waals surface area contributed by atoms with Crippen molar-refractivity contribution in [1.82, 2.24) is 0 Å². The third-order valence-electron chi connectivity index (χ3n) is 1.76. The minimum absolute atomic E-state index is 0.0990. The predicted octanol–water partition coefficient (Wildman–Crippen LogP) is 2.75. The van der Waals surface area contributed by atoms with Gasteiger partial charge in [-0.25, -0.2) is 0 Å². The van der Waals surface area contributed by atoms with Gasteiger partial charge in [0, 0.05) is 19.3 Å². The summed E-state index contributed by atoms with van der Waals surface area (Å²) in [7, 11) is 0. The summed E-state index contributed by atoms with van der Waals surface area (Å²) in [6.07, 6.45) is 4.48. The van der Waals surface area contributed by atoms with Gasteiger partial charge in [0.25, 0.3) is 0 Å². The third kappa shape index (κ3) is 9.25. The van der Waals surface area contributed by atoms with Crippen molar-refractivity contribution >= 4 is 12.1 Å². The fourth-order valence-corrected chi connectivity index (χ4v) is 1.23. The fraction of sp³-hybridized carbons (Fsp3) is 0.818. The molecule has 0 radical (unpaired) electrons. The number of ketones is 1. The van der Waals surface area contributed by atoms with Crippen LogP contribution in [0.3, 0.4) is 0 Å². The van der Waals surface area contributed by atoms with E-state index < -0.39 is 0 Å². The normalized spacial score (nSPS) is 11.3. The van der Waals surface area contributed by atoms with Gasteiger partial charge in [0.15, 0.2) is 0 Å². The lowest BCUT2D eigenvalue weighted by molar-refractivity contribution is -0.121. The average Bonchev–Trinajstić information content (AvgIpc) is 1.94. The van der Waals surface area contributed by atoms with Crippen molar-refractivity contribution < 1.29 is 9.59 Å². The van der Waals surface area contributed by atoms with Crippen LogP contribution in [0.25, 0.3) is 0 Å². The Morgan fingerprint density at radius 1 is 1.23 bits per heavy atom. The van der Waals surface area contributed by atoms with E-state index in [1.54, 1.807) is 0 Å². The number of Topliss-reactive ketones (excluding diaryl/α,β-unsaturated/α-hetero) is 1. The van der Waals surface area contributed by atoms with E-state index in [2.05, 4.69) is 20.8 Å². The zero-order chi connectivity index (χ0) is 10.3. The van der Waals surface area contributed by atoms with Crippen molar-refractivity contribution in [3.05, 3.63) is 0 Å². The summed E-state index contributed by atoms with van der Waals surface area (Å²) in [4.78, 5) is 21.3. The SMILES string of the molecule is CC(C)(C)CC(=O)CCCCC=O. The van der Waals surface area contributed by atoms with E-state index in [0.29, 0.717) is 25.0 Å². The lowest BCUT2D eigenvalue weighted by Crippen LogP contribution is -2.12. The highest BCUT2D eigenvalue weighted by Gasteiger charge is 2.14. The molecule has 0 fully saturated rings. The van der Waals surface area contributed by atoms with Gasteiger partial charge in [-0.05, 0) is 18.3 Å². The van der Waals surface area contributed by atoms with Gasteiger partial charge >= 0.3 is 0 Å². The van der Waals surface area contributed by atoms with E-state index in [1.165, 1.54) is 0 Å². The molecule has 0 saturated carbocycles. The Morgan fingerprint density at radius 3 is 2.31 bits per heavy atom. The summed E-state index contributed by atoms with van der Waals surface area (Å²) in [5.74, 6) is 0.318. The van der Waals surface area contributed by atoms with Crippen LogP contribution in [0.5, 0.6) is 0 Å². The summed E-state index contributed by atoms with van der Waals surface area (Å²) >= 11 is 0. The second-order valence-corrected chi connectivity index (χ2v) is 4.69. The molecule has 0 heterocycles. The van der Waals surface area contributed by atoms with E-state index in [0.717, 1.165) is 19.1 Å². The number of unbranched alkanes of at least 4 members (excludes halogenated alkanes) is 2. The first kappa shape index (κ1) is 12.3. The molecule has 0 unspecified atom stereocenters. The Labute approximate surface area is 80.7 Å². The summed E-state index contributed by atoms with van der Waals surface area (Å²) in [6.45, 7) is 6.20. The molecule has 0 saturated heterocycles. The largest absolute Gasteiger partial charge is 0.303 e. The van der Waals surface area contributed by atoms with E-state index >= 15 is 0 Å². The molecule has 0 atom stereocenters. The number of carbonyl (C=O) groups is 2. The minimum atomic E-state index is 0.0990. The van der Waals surface area contributed by atoms with Crippen LogP contribution in [-0.2, 0) is 9.59 Å². The number of carbonyl (C=O) groups excluding carboxylic acids is 2. The van der Waals surface area contributed by atoms with Crippen molar-refractivity contribution in [1.29, 1.82) is 0 Å². The molecule has 0 aliphatic carbocycles. The molecule has 2 nitrogen and oxygen atoms in total. The number of rotatable bonds is 6. The Balaban J connectivity index is 3.47. The number of aldehydes is 1.